The molecular weight excluding hydrogens is 394 g/mol. The van der Waals surface area contributed by atoms with Crippen LogP contribution in [0.3, 0.4) is 0 Å². The van der Waals surface area contributed by atoms with Crippen molar-refractivity contribution in [3.8, 4) is 11.5 Å². The van der Waals surface area contributed by atoms with Crippen LogP contribution < -0.4 is 9.47 Å². The van der Waals surface area contributed by atoms with Crippen molar-refractivity contribution in [3.05, 3.63) is 40.8 Å². The van der Waals surface area contributed by atoms with Crippen LogP contribution >= 0.6 is 11.8 Å². The number of carbonyl (C=O) groups excluding carboxylic acids is 3. The van der Waals surface area contributed by atoms with Crippen molar-refractivity contribution in [2.75, 3.05) is 26.4 Å². The van der Waals surface area contributed by atoms with E-state index in [1.54, 1.807) is 25.1 Å². The second-order valence-corrected chi connectivity index (χ2v) is 6.93. The number of nitrogens with zero attached hydrogens (tertiary/aromatic N) is 1. The summed E-state index contributed by atoms with van der Waals surface area (Å²) in [4.78, 5) is 37.5. The molecule has 0 N–H and O–H groups in total. The molecule has 1 saturated heterocycles. The molecule has 0 saturated carbocycles. The van der Waals surface area contributed by atoms with Gasteiger partial charge in [-0.25, -0.2) is 0 Å². The molecular formula is C21H25NO6S. The number of amides is 2. The van der Waals surface area contributed by atoms with Gasteiger partial charge in [-0.2, -0.15) is 0 Å². The second-order valence-electron chi connectivity index (χ2n) is 5.94. The van der Waals surface area contributed by atoms with Crippen LogP contribution in [0.4, 0.5) is 4.79 Å². The van der Waals surface area contributed by atoms with Crippen LogP contribution in [0.2, 0.25) is 0 Å². The summed E-state index contributed by atoms with van der Waals surface area (Å²) in [6.07, 6.45) is 3.92. The molecule has 1 aromatic rings. The highest BCUT2D eigenvalue weighted by atomic mass is 32.2. The first-order valence-corrected chi connectivity index (χ1v) is 10.2. The Kier molecular flexibility index (Phi) is 8.33. The number of allylic oxidation sites excluding steroid dienone is 1. The first kappa shape index (κ1) is 22.5. The molecule has 0 spiro atoms. The van der Waals surface area contributed by atoms with Crippen LogP contribution in [0.15, 0.2) is 29.7 Å². The predicted octanol–water partition coefficient (Wildman–Crippen LogP) is 3.81. The summed E-state index contributed by atoms with van der Waals surface area (Å²) in [6, 6.07) is 3.63. The van der Waals surface area contributed by atoms with Crippen molar-refractivity contribution in [2.45, 2.75) is 27.2 Å². The summed E-state index contributed by atoms with van der Waals surface area (Å²) in [5.41, 5.74) is 1.56. The SMILES string of the molecule is C=CCc1cc(/C=C2\SC(=O)N(CC(=O)OCC)C2=O)cc(OCC)c1OCC. The lowest BCUT2D eigenvalue weighted by Gasteiger charge is -2.16. The molecule has 0 bridgehead atoms. The highest BCUT2D eigenvalue weighted by molar-refractivity contribution is 8.18. The van der Waals surface area contributed by atoms with E-state index >= 15 is 0 Å². The summed E-state index contributed by atoms with van der Waals surface area (Å²) in [5, 5.41) is -0.503. The molecule has 1 aliphatic heterocycles. The zero-order chi connectivity index (χ0) is 21.4. The molecule has 2 rings (SSSR count). The molecule has 1 fully saturated rings. The summed E-state index contributed by atoms with van der Waals surface area (Å²) in [7, 11) is 0. The summed E-state index contributed by atoms with van der Waals surface area (Å²) in [5.74, 6) is 0.0571. The first-order valence-electron chi connectivity index (χ1n) is 9.39. The number of ether oxygens (including phenoxy) is 3. The molecule has 1 heterocycles. The van der Waals surface area contributed by atoms with Crippen LogP contribution in [0.5, 0.6) is 11.5 Å². The van der Waals surface area contributed by atoms with E-state index < -0.39 is 23.7 Å². The van der Waals surface area contributed by atoms with Gasteiger partial charge in [-0.1, -0.05) is 6.08 Å². The van der Waals surface area contributed by atoms with Gasteiger partial charge in [-0.15, -0.1) is 6.58 Å². The minimum Gasteiger partial charge on any atom is -0.490 e. The van der Waals surface area contributed by atoms with Gasteiger partial charge in [0.2, 0.25) is 0 Å². The summed E-state index contributed by atoms with van der Waals surface area (Å²) < 4.78 is 16.3. The van der Waals surface area contributed by atoms with E-state index in [9.17, 15) is 14.4 Å². The smallest absolute Gasteiger partial charge is 0.326 e. The number of hydrogen-bond acceptors (Lipinski definition) is 7. The largest absolute Gasteiger partial charge is 0.490 e. The van der Waals surface area contributed by atoms with Gasteiger partial charge in [0.15, 0.2) is 11.5 Å². The third-order valence-electron chi connectivity index (χ3n) is 3.87. The highest BCUT2D eigenvalue weighted by Gasteiger charge is 2.36. The lowest BCUT2D eigenvalue weighted by Crippen LogP contribution is -2.34. The van der Waals surface area contributed by atoms with E-state index in [-0.39, 0.29) is 11.5 Å². The average Bonchev–Trinajstić information content (AvgIpc) is 2.92. The van der Waals surface area contributed by atoms with Gasteiger partial charge in [-0.05, 0) is 62.7 Å². The molecule has 0 atom stereocenters. The third kappa shape index (κ3) is 5.63. The number of thioether (sulfide) groups is 1. The maximum Gasteiger partial charge on any atom is 0.326 e. The molecule has 0 radical (unpaired) electrons. The summed E-state index contributed by atoms with van der Waals surface area (Å²) >= 11 is 0.788. The average molecular weight is 419 g/mol. The molecule has 0 unspecified atom stereocenters. The van der Waals surface area contributed by atoms with Gasteiger partial charge in [-0.3, -0.25) is 19.3 Å². The minimum atomic E-state index is -0.621. The number of imide groups is 1. The number of benzene rings is 1. The van der Waals surface area contributed by atoms with Gasteiger partial charge >= 0.3 is 5.97 Å². The van der Waals surface area contributed by atoms with E-state index in [2.05, 4.69) is 6.58 Å². The zero-order valence-electron chi connectivity index (χ0n) is 16.9. The van der Waals surface area contributed by atoms with Crippen molar-refractivity contribution >= 4 is 35.0 Å². The Balaban J connectivity index is 2.37. The van der Waals surface area contributed by atoms with Crippen molar-refractivity contribution in [2.24, 2.45) is 0 Å². The highest BCUT2D eigenvalue weighted by Crippen LogP contribution is 2.37. The van der Waals surface area contributed by atoms with Gasteiger partial charge in [0.25, 0.3) is 11.1 Å². The summed E-state index contributed by atoms with van der Waals surface area (Å²) in [6.45, 7) is 9.92. The van der Waals surface area contributed by atoms with Gasteiger partial charge in [0.1, 0.15) is 6.54 Å². The molecule has 7 nitrogen and oxygen atoms in total. The molecule has 1 aromatic carbocycles. The van der Waals surface area contributed by atoms with Crippen molar-refractivity contribution in [3.63, 3.8) is 0 Å². The first-order chi connectivity index (χ1) is 13.9. The van der Waals surface area contributed by atoms with Crippen LogP contribution in [-0.2, 0) is 20.7 Å². The molecule has 156 valence electrons. The third-order valence-corrected chi connectivity index (χ3v) is 4.78. The van der Waals surface area contributed by atoms with Gasteiger partial charge in [0.05, 0.1) is 24.7 Å². The topological polar surface area (TPSA) is 82.1 Å². The fourth-order valence-corrected chi connectivity index (χ4v) is 3.61. The molecule has 0 aliphatic carbocycles. The Morgan fingerprint density at radius 1 is 1.14 bits per heavy atom. The quantitative estimate of drug-likeness (QED) is 0.324. The van der Waals surface area contributed by atoms with E-state index in [0.29, 0.717) is 36.7 Å². The molecule has 8 heteroatoms. The molecule has 1 aliphatic rings. The number of rotatable bonds is 10. The zero-order valence-corrected chi connectivity index (χ0v) is 17.7. The fraction of sp³-hybridized carbons (Fsp3) is 0.381. The number of carbonyl (C=O) groups is 3. The van der Waals surface area contributed by atoms with Crippen LogP contribution in [0.1, 0.15) is 31.9 Å². The lowest BCUT2D eigenvalue weighted by molar-refractivity contribution is -0.145. The van der Waals surface area contributed by atoms with Crippen molar-refractivity contribution < 1.29 is 28.6 Å². The van der Waals surface area contributed by atoms with Crippen molar-refractivity contribution in [1.29, 1.82) is 0 Å². The Bertz CT molecular complexity index is 833. The van der Waals surface area contributed by atoms with Crippen molar-refractivity contribution in [1.82, 2.24) is 4.90 Å². The second kappa shape index (κ2) is 10.7. The van der Waals surface area contributed by atoms with Gasteiger partial charge in [0, 0.05) is 5.56 Å². The minimum absolute atomic E-state index is 0.184. The van der Waals surface area contributed by atoms with Crippen LogP contribution in [0.25, 0.3) is 6.08 Å². The van der Waals surface area contributed by atoms with E-state index in [0.717, 1.165) is 22.2 Å². The fourth-order valence-electron chi connectivity index (χ4n) is 2.77. The number of esters is 1. The Labute approximate surface area is 174 Å². The molecule has 2 amide bonds. The Hall–Kier alpha value is -2.74. The van der Waals surface area contributed by atoms with Gasteiger partial charge < -0.3 is 14.2 Å². The van der Waals surface area contributed by atoms with E-state index in [4.69, 9.17) is 14.2 Å². The van der Waals surface area contributed by atoms with E-state index in [1.165, 1.54) is 0 Å². The standard InChI is InChI=1S/C21H25NO6S/c1-5-9-15-10-14(11-16(26-6-2)19(15)28-8-4)12-17-20(24)22(21(25)29-17)13-18(23)27-7-3/h5,10-12H,1,6-9,13H2,2-4H3/b17-12-. The lowest BCUT2D eigenvalue weighted by atomic mass is 10.0. The molecule has 0 aromatic heterocycles. The maximum atomic E-state index is 12.6. The monoisotopic (exact) mass is 419 g/mol. The Morgan fingerprint density at radius 3 is 2.48 bits per heavy atom. The van der Waals surface area contributed by atoms with Crippen LogP contribution in [0, 0.1) is 0 Å². The van der Waals surface area contributed by atoms with E-state index in [1.807, 2.05) is 19.9 Å². The Morgan fingerprint density at radius 2 is 1.86 bits per heavy atom. The number of hydrogen-bond donors (Lipinski definition) is 0. The van der Waals surface area contributed by atoms with Crippen LogP contribution in [-0.4, -0.2) is 48.4 Å². The normalized spacial score (nSPS) is 15.0. The maximum absolute atomic E-state index is 12.6. The predicted molar refractivity (Wildman–Crippen MR) is 112 cm³/mol. The molecule has 29 heavy (non-hydrogen) atoms.